The number of likely N-dealkylation sites (tertiary alicyclic amines) is 1. The highest BCUT2D eigenvalue weighted by molar-refractivity contribution is 6.31. The Morgan fingerprint density at radius 1 is 1.11 bits per heavy atom. The number of halogens is 1. The van der Waals surface area contributed by atoms with Crippen LogP contribution in [0, 0.1) is 0 Å². The van der Waals surface area contributed by atoms with Crippen LogP contribution in [0.15, 0.2) is 72.8 Å². The molecular weight excluding hydrogens is 478 g/mol. The molecule has 1 saturated heterocycles. The Kier molecular flexibility index (Phi) is 6.67. The first-order valence-electron chi connectivity index (χ1n) is 11.7. The Labute approximate surface area is 213 Å². The summed E-state index contributed by atoms with van der Waals surface area (Å²) in [6, 6.07) is 21.4. The SMILES string of the molecule is COC(=O)[C@@H]1C[C@H](NC(=O)c2[nH]c3ccc(Cl)cc3c2-c2ccccc2)CN1Cc1ccc(O)cc1. The molecule has 1 fully saturated rings. The number of aromatic nitrogens is 1. The molecule has 3 N–H and O–H groups in total. The van der Waals surface area contributed by atoms with Gasteiger partial charge in [0.2, 0.25) is 0 Å². The zero-order chi connectivity index (χ0) is 25.2. The number of carbonyl (C=O) groups excluding carboxylic acids is 2. The van der Waals surface area contributed by atoms with Gasteiger partial charge in [-0.05, 0) is 47.9 Å². The number of esters is 1. The van der Waals surface area contributed by atoms with E-state index in [1.807, 2.05) is 59.5 Å². The first-order chi connectivity index (χ1) is 17.4. The second-order valence-electron chi connectivity index (χ2n) is 8.97. The number of rotatable bonds is 6. The second-order valence-corrected chi connectivity index (χ2v) is 9.41. The molecule has 0 bridgehead atoms. The quantitative estimate of drug-likeness (QED) is 0.330. The molecule has 184 valence electrons. The van der Waals surface area contributed by atoms with Gasteiger partial charge in [-0.15, -0.1) is 0 Å². The van der Waals surface area contributed by atoms with Crippen molar-refractivity contribution in [3.63, 3.8) is 0 Å². The van der Waals surface area contributed by atoms with Crippen molar-refractivity contribution in [1.82, 2.24) is 15.2 Å². The molecule has 1 aromatic heterocycles. The molecule has 2 atom stereocenters. The summed E-state index contributed by atoms with van der Waals surface area (Å²) in [6.07, 6.45) is 0.434. The van der Waals surface area contributed by atoms with Crippen LogP contribution in [0.25, 0.3) is 22.0 Å². The van der Waals surface area contributed by atoms with Crippen LogP contribution in [0.4, 0.5) is 0 Å². The molecule has 0 saturated carbocycles. The topological polar surface area (TPSA) is 94.7 Å². The van der Waals surface area contributed by atoms with Crippen molar-refractivity contribution in [3.8, 4) is 16.9 Å². The first-order valence-corrected chi connectivity index (χ1v) is 12.1. The number of amides is 1. The molecule has 0 radical (unpaired) electrons. The number of H-pyrrole nitrogens is 1. The summed E-state index contributed by atoms with van der Waals surface area (Å²) in [7, 11) is 1.37. The largest absolute Gasteiger partial charge is 0.508 e. The van der Waals surface area contributed by atoms with Gasteiger partial charge < -0.3 is 20.1 Å². The second kappa shape index (κ2) is 10.0. The number of aromatic amines is 1. The maximum atomic E-state index is 13.6. The average molecular weight is 504 g/mol. The van der Waals surface area contributed by atoms with Crippen LogP contribution in [0.5, 0.6) is 5.75 Å². The fourth-order valence-corrected chi connectivity index (χ4v) is 5.07. The molecule has 4 aromatic rings. The Balaban J connectivity index is 1.41. The number of hydrogen-bond donors (Lipinski definition) is 3. The molecule has 1 amide bonds. The molecule has 5 rings (SSSR count). The predicted molar refractivity (Wildman–Crippen MR) is 139 cm³/mol. The average Bonchev–Trinajstić information content (AvgIpc) is 3.46. The van der Waals surface area contributed by atoms with Gasteiger partial charge in [-0.2, -0.15) is 0 Å². The minimum Gasteiger partial charge on any atom is -0.508 e. The van der Waals surface area contributed by atoms with Crippen molar-refractivity contribution >= 4 is 34.4 Å². The zero-order valence-electron chi connectivity index (χ0n) is 19.7. The smallest absolute Gasteiger partial charge is 0.323 e. The van der Waals surface area contributed by atoms with Crippen LogP contribution < -0.4 is 5.32 Å². The molecule has 7 nitrogen and oxygen atoms in total. The highest BCUT2D eigenvalue weighted by atomic mass is 35.5. The molecule has 1 aliphatic heterocycles. The van der Waals surface area contributed by atoms with E-state index in [4.69, 9.17) is 16.3 Å². The minimum absolute atomic E-state index is 0.184. The monoisotopic (exact) mass is 503 g/mol. The van der Waals surface area contributed by atoms with Gasteiger partial charge in [0.15, 0.2) is 0 Å². The number of phenolic OH excluding ortho intramolecular Hbond substituents is 1. The Morgan fingerprint density at radius 2 is 1.86 bits per heavy atom. The molecular formula is C28H26ClN3O4. The fraction of sp³-hybridized carbons (Fsp3) is 0.214. The van der Waals surface area contributed by atoms with E-state index in [9.17, 15) is 14.7 Å². The third-order valence-electron chi connectivity index (χ3n) is 6.58. The molecule has 0 spiro atoms. The summed E-state index contributed by atoms with van der Waals surface area (Å²) in [4.78, 5) is 31.3. The van der Waals surface area contributed by atoms with Gasteiger partial charge in [-0.3, -0.25) is 14.5 Å². The Morgan fingerprint density at radius 3 is 2.58 bits per heavy atom. The third kappa shape index (κ3) is 4.80. The summed E-state index contributed by atoms with van der Waals surface area (Å²) in [5.41, 5.74) is 3.91. The lowest BCUT2D eigenvalue weighted by molar-refractivity contribution is -0.146. The number of phenols is 1. The number of methoxy groups -OCH3 is 1. The Bertz CT molecular complexity index is 1400. The number of benzene rings is 3. The number of ether oxygens (including phenoxy) is 1. The minimum atomic E-state index is -0.482. The van der Waals surface area contributed by atoms with Crippen LogP contribution in [0.3, 0.4) is 0 Å². The van der Waals surface area contributed by atoms with E-state index in [0.29, 0.717) is 30.2 Å². The summed E-state index contributed by atoms with van der Waals surface area (Å²) in [5.74, 6) is -0.402. The van der Waals surface area contributed by atoms with Gasteiger partial charge in [-0.1, -0.05) is 54.1 Å². The van der Waals surface area contributed by atoms with Crippen molar-refractivity contribution in [2.45, 2.75) is 25.0 Å². The highest BCUT2D eigenvalue weighted by Gasteiger charge is 2.38. The number of carbonyl (C=O) groups is 2. The predicted octanol–water partition coefficient (Wildman–Crippen LogP) is 4.74. The van der Waals surface area contributed by atoms with Crippen molar-refractivity contribution in [2.24, 2.45) is 0 Å². The summed E-state index contributed by atoms with van der Waals surface area (Å²) >= 11 is 6.28. The third-order valence-corrected chi connectivity index (χ3v) is 6.82. The van der Waals surface area contributed by atoms with E-state index < -0.39 is 6.04 Å². The number of fused-ring (bicyclic) bond motifs is 1. The van der Waals surface area contributed by atoms with E-state index in [0.717, 1.165) is 27.6 Å². The lowest BCUT2D eigenvalue weighted by Crippen LogP contribution is -2.38. The van der Waals surface area contributed by atoms with Gasteiger partial charge in [0.25, 0.3) is 5.91 Å². The maximum Gasteiger partial charge on any atom is 0.323 e. The number of hydrogen-bond acceptors (Lipinski definition) is 5. The summed E-state index contributed by atoms with van der Waals surface area (Å²) < 4.78 is 5.04. The number of aromatic hydroxyl groups is 1. The van der Waals surface area contributed by atoms with Crippen LogP contribution >= 0.6 is 11.6 Å². The van der Waals surface area contributed by atoms with Gasteiger partial charge >= 0.3 is 5.97 Å². The Hall–Kier alpha value is -3.81. The van der Waals surface area contributed by atoms with Crippen LogP contribution in [0.2, 0.25) is 5.02 Å². The van der Waals surface area contributed by atoms with E-state index in [2.05, 4.69) is 10.3 Å². The molecule has 0 unspecified atom stereocenters. The van der Waals surface area contributed by atoms with Crippen LogP contribution in [-0.4, -0.2) is 52.6 Å². The summed E-state index contributed by atoms with van der Waals surface area (Å²) in [6.45, 7) is 0.978. The van der Waals surface area contributed by atoms with Crippen LogP contribution in [-0.2, 0) is 16.1 Å². The first kappa shape index (κ1) is 23.9. The van der Waals surface area contributed by atoms with Gasteiger partial charge in [0.1, 0.15) is 17.5 Å². The van der Waals surface area contributed by atoms with Gasteiger partial charge in [0.05, 0.1) is 7.11 Å². The van der Waals surface area contributed by atoms with Gasteiger partial charge in [-0.25, -0.2) is 0 Å². The molecule has 8 heteroatoms. The lowest BCUT2D eigenvalue weighted by Gasteiger charge is -2.22. The van der Waals surface area contributed by atoms with E-state index in [1.54, 1.807) is 18.2 Å². The van der Waals surface area contributed by atoms with Gasteiger partial charge in [0, 0.05) is 40.6 Å². The number of nitrogens with one attached hydrogen (secondary N) is 2. The molecule has 2 heterocycles. The van der Waals surface area contributed by atoms with E-state index in [1.165, 1.54) is 7.11 Å². The maximum absolute atomic E-state index is 13.6. The summed E-state index contributed by atoms with van der Waals surface area (Å²) in [5, 5.41) is 14.2. The highest BCUT2D eigenvalue weighted by Crippen LogP contribution is 2.34. The van der Waals surface area contributed by atoms with Crippen molar-refractivity contribution < 1.29 is 19.4 Å². The van der Waals surface area contributed by atoms with Crippen molar-refractivity contribution in [1.29, 1.82) is 0 Å². The molecule has 0 aliphatic carbocycles. The zero-order valence-corrected chi connectivity index (χ0v) is 20.5. The molecule has 3 aromatic carbocycles. The van der Waals surface area contributed by atoms with Crippen LogP contribution in [0.1, 0.15) is 22.5 Å². The normalized spacial score (nSPS) is 17.8. The van der Waals surface area contributed by atoms with Crippen molar-refractivity contribution in [3.05, 3.63) is 89.1 Å². The molecule has 1 aliphatic rings. The van der Waals surface area contributed by atoms with Crippen molar-refractivity contribution in [2.75, 3.05) is 13.7 Å². The van der Waals surface area contributed by atoms with E-state index >= 15 is 0 Å². The standard InChI is InChI=1S/C28H26ClN3O4/c1-36-28(35)24-14-20(16-32(24)15-17-7-10-21(33)11-8-17)30-27(34)26-25(18-5-3-2-4-6-18)22-13-19(29)9-12-23(22)31-26/h2-13,20,24,31,33H,14-16H2,1H3,(H,30,34)/t20-,24-/m0/s1. The number of nitrogens with zero attached hydrogens (tertiary/aromatic N) is 1. The lowest BCUT2D eigenvalue weighted by atomic mass is 10.0. The fourth-order valence-electron chi connectivity index (χ4n) is 4.90. The molecule has 36 heavy (non-hydrogen) atoms. The van der Waals surface area contributed by atoms with E-state index in [-0.39, 0.29) is 23.7 Å².